The molecule has 1 unspecified atom stereocenters. The van der Waals surface area contributed by atoms with Gasteiger partial charge in [0.25, 0.3) is 0 Å². The zero-order chi connectivity index (χ0) is 22.8. The van der Waals surface area contributed by atoms with Gasteiger partial charge < -0.3 is 24.6 Å². The molecule has 0 aliphatic carbocycles. The van der Waals surface area contributed by atoms with Crippen molar-refractivity contribution >= 4 is 19.8 Å². The summed E-state index contributed by atoms with van der Waals surface area (Å²) in [4.78, 5) is 33.3. The lowest BCUT2D eigenvalue weighted by atomic mass is 10.1. The first-order chi connectivity index (χ1) is 14.2. The molecule has 30 heavy (non-hydrogen) atoms. The third-order valence-electron chi connectivity index (χ3n) is 4.01. The van der Waals surface area contributed by atoms with Crippen LogP contribution in [0, 0.1) is 0 Å². The van der Waals surface area contributed by atoms with Crippen LogP contribution in [0.25, 0.3) is 0 Å². The van der Waals surface area contributed by atoms with Crippen LogP contribution in [-0.4, -0.2) is 65.7 Å². The maximum atomic E-state index is 11.9. The molecule has 0 bridgehead atoms. The highest BCUT2D eigenvalue weighted by Crippen LogP contribution is 2.43. The van der Waals surface area contributed by atoms with Crippen molar-refractivity contribution in [2.75, 3.05) is 26.4 Å². The van der Waals surface area contributed by atoms with E-state index in [1.54, 1.807) is 0 Å². The molecule has 0 aromatic heterocycles. The van der Waals surface area contributed by atoms with E-state index in [0.29, 0.717) is 12.8 Å². The van der Waals surface area contributed by atoms with Gasteiger partial charge in [-0.05, 0) is 12.8 Å². The second kappa shape index (κ2) is 17.6. The summed E-state index contributed by atoms with van der Waals surface area (Å²) in [5.74, 6) is -0.985. The fourth-order valence-electron chi connectivity index (χ4n) is 2.26. The summed E-state index contributed by atoms with van der Waals surface area (Å²) in [5.41, 5.74) is 0. The lowest BCUT2D eigenvalue weighted by Gasteiger charge is -2.20. The van der Waals surface area contributed by atoms with Gasteiger partial charge in [0, 0.05) is 12.8 Å². The van der Waals surface area contributed by atoms with E-state index in [0.717, 1.165) is 32.1 Å². The van der Waals surface area contributed by atoms with Crippen molar-refractivity contribution in [3.05, 3.63) is 0 Å². The normalized spacial score (nSPS) is 15.2. The van der Waals surface area contributed by atoms with Crippen LogP contribution in [0.2, 0.25) is 0 Å². The minimum absolute atomic E-state index is 0.161. The number of hydrogen-bond acceptors (Lipinski definition) is 9. The smallest absolute Gasteiger partial charge is 0.462 e. The van der Waals surface area contributed by atoms with Gasteiger partial charge in [0.15, 0.2) is 6.10 Å². The summed E-state index contributed by atoms with van der Waals surface area (Å²) in [6.45, 7) is 1.90. The van der Waals surface area contributed by atoms with E-state index in [1.165, 1.54) is 0 Å². The van der Waals surface area contributed by atoms with Gasteiger partial charge in [-0.15, -0.1) is 0 Å². The Bertz CT molecular complexity index is 514. The van der Waals surface area contributed by atoms with Crippen LogP contribution in [-0.2, 0) is 32.7 Å². The molecule has 0 fully saturated rings. The lowest BCUT2D eigenvalue weighted by molar-refractivity contribution is -0.161. The number of carbonyl (C=O) groups excluding carboxylic acids is 2. The van der Waals surface area contributed by atoms with E-state index in [4.69, 9.17) is 19.1 Å². The van der Waals surface area contributed by atoms with Gasteiger partial charge in [-0.1, -0.05) is 46.0 Å². The number of aliphatic hydroxyl groups is 2. The summed E-state index contributed by atoms with van der Waals surface area (Å²) in [5, 5.41) is 17.9. The van der Waals surface area contributed by atoms with Crippen molar-refractivity contribution in [1.29, 1.82) is 0 Å². The van der Waals surface area contributed by atoms with Gasteiger partial charge in [0.05, 0.1) is 19.8 Å². The number of phosphoric acid groups is 1. The minimum Gasteiger partial charge on any atom is -0.462 e. The maximum Gasteiger partial charge on any atom is 0.472 e. The van der Waals surface area contributed by atoms with Gasteiger partial charge in [0.1, 0.15) is 12.7 Å². The lowest BCUT2D eigenvalue weighted by Crippen LogP contribution is -2.29. The number of ether oxygens (including phenoxy) is 2. The summed E-state index contributed by atoms with van der Waals surface area (Å²) in [6, 6.07) is 0. The van der Waals surface area contributed by atoms with Gasteiger partial charge >= 0.3 is 19.8 Å². The summed E-state index contributed by atoms with van der Waals surface area (Å²) < 4.78 is 31.5. The average Bonchev–Trinajstić information content (AvgIpc) is 2.72. The fraction of sp³-hybridized carbons (Fsp3) is 0.895. The second-order valence-electron chi connectivity index (χ2n) is 6.96. The molecule has 0 saturated heterocycles. The van der Waals surface area contributed by atoms with Crippen molar-refractivity contribution in [3.63, 3.8) is 0 Å². The largest absolute Gasteiger partial charge is 0.472 e. The summed E-state index contributed by atoms with van der Waals surface area (Å²) in [6.07, 6.45) is 4.27. The monoisotopic (exact) mass is 456 g/mol. The SMILES string of the molecule is CCCCCCCC(=O)OC[C@H](COP(=O)(O)OC[C@@H](O)CO)OC(=O)CCCC. The Labute approximate surface area is 178 Å². The highest BCUT2D eigenvalue weighted by Gasteiger charge is 2.27. The molecule has 178 valence electrons. The third kappa shape index (κ3) is 16.7. The molecule has 11 heteroatoms. The van der Waals surface area contributed by atoms with E-state index in [-0.39, 0.29) is 19.4 Å². The first-order valence-corrected chi connectivity index (χ1v) is 12.0. The first kappa shape index (κ1) is 29.0. The minimum atomic E-state index is -4.56. The Morgan fingerprint density at radius 2 is 1.47 bits per heavy atom. The van der Waals surface area contributed by atoms with Gasteiger partial charge in [0.2, 0.25) is 0 Å². The van der Waals surface area contributed by atoms with E-state index in [1.807, 2.05) is 6.92 Å². The van der Waals surface area contributed by atoms with Crippen molar-refractivity contribution in [3.8, 4) is 0 Å². The Kier molecular flexibility index (Phi) is 17.0. The molecular formula is C19H37O10P. The third-order valence-corrected chi connectivity index (χ3v) is 4.96. The van der Waals surface area contributed by atoms with E-state index in [9.17, 15) is 24.2 Å². The zero-order valence-corrected chi connectivity index (χ0v) is 18.9. The maximum absolute atomic E-state index is 11.9. The van der Waals surface area contributed by atoms with Crippen LogP contribution in [0.4, 0.5) is 0 Å². The van der Waals surface area contributed by atoms with Crippen LogP contribution in [0.15, 0.2) is 0 Å². The standard InChI is InChI=1S/C19H37O10P/c1-3-5-7-8-9-11-18(22)26-14-17(29-19(23)10-6-4-2)15-28-30(24,25)27-13-16(21)12-20/h16-17,20-21H,3-15H2,1-2H3,(H,24,25)/t16-,17+/m0/s1. The topological polar surface area (TPSA) is 149 Å². The van der Waals surface area contributed by atoms with E-state index in [2.05, 4.69) is 11.4 Å². The Balaban J connectivity index is 4.54. The first-order valence-electron chi connectivity index (χ1n) is 10.5. The molecule has 0 aliphatic rings. The second-order valence-corrected chi connectivity index (χ2v) is 8.41. The highest BCUT2D eigenvalue weighted by atomic mass is 31.2. The molecule has 0 radical (unpaired) electrons. The van der Waals surface area contributed by atoms with Crippen molar-refractivity contribution < 1.29 is 47.8 Å². The molecule has 10 nitrogen and oxygen atoms in total. The molecule has 3 atom stereocenters. The number of hydrogen-bond donors (Lipinski definition) is 3. The number of unbranched alkanes of at least 4 members (excludes halogenated alkanes) is 5. The van der Waals surface area contributed by atoms with Crippen LogP contribution in [0.1, 0.15) is 71.6 Å². The van der Waals surface area contributed by atoms with Gasteiger partial charge in [-0.2, -0.15) is 0 Å². The molecule has 3 N–H and O–H groups in total. The quantitative estimate of drug-likeness (QED) is 0.150. The Hall–Kier alpha value is -1.03. The van der Waals surface area contributed by atoms with Crippen LogP contribution < -0.4 is 0 Å². The van der Waals surface area contributed by atoms with E-state index >= 15 is 0 Å². The molecule has 0 aromatic carbocycles. The molecule has 0 heterocycles. The average molecular weight is 456 g/mol. The number of rotatable bonds is 19. The molecule has 0 amide bonds. The van der Waals surface area contributed by atoms with E-state index < -0.39 is 51.8 Å². The van der Waals surface area contributed by atoms with Crippen molar-refractivity contribution in [2.24, 2.45) is 0 Å². The zero-order valence-electron chi connectivity index (χ0n) is 18.0. The van der Waals surface area contributed by atoms with Crippen LogP contribution >= 0.6 is 7.82 Å². The molecule has 0 spiro atoms. The van der Waals surface area contributed by atoms with Crippen LogP contribution in [0.5, 0.6) is 0 Å². The number of esters is 2. The van der Waals surface area contributed by atoms with Gasteiger partial charge in [-0.25, -0.2) is 4.57 Å². The molecular weight excluding hydrogens is 419 g/mol. The van der Waals surface area contributed by atoms with Crippen molar-refractivity contribution in [2.45, 2.75) is 83.8 Å². The summed E-state index contributed by atoms with van der Waals surface area (Å²) >= 11 is 0. The number of carbonyl (C=O) groups is 2. The van der Waals surface area contributed by atoms with Crippen molar-refractivity contribution in [1.82, 2.24) is 0 Å². The fourth-order valence-corrected chi connectivity index (χ4v) is 3.05. The Morgan fingerprint density at radius 1 is 0.867 bits per heavy atom. The summed E-state index contributed by atoms with van der Waals surface area (Å²) in [7, 11) is -4.56. The molecule has 0 saturated carbocycles. The van der Waals surface area contributed by atoms with Gasteiger partial charge in [-0.3, -0.25) is 18.6 Å². The predicted octanol–water partition coefficient (Wildman–Crippen LogP) is 2.48. The predicted molar refractivity (Wildman–Crippen MR) is 109 cm³/mol. The Morgan fingerprint density at radius 3 is 2.10 bits per heavy atom. The molecule has 0 rings (SSSR count). The number of phosphoric ester groups is 1. The molecule has 0 aliphatic heterocycles. The number of aliphatic hydroxyl groups excluding tert-OH is 2. The van der Waals surface area contributed by atoms with Crippen LogP contribution in [0.3, 0.4) is 0 Å². The molecule has 0 aromatic rings. The highest BCUT2D eigenvalue weighted by molar-refractivity contribution is 7.47.